The molecule has 0 unspecified atom stereocenters. The zero-order chi connectivity index (χ0) is 12.3. The van der Waals surface area contributed by atoms with Gasteiger partial charge in [-0.1, -0.05) is 6.07 Å². The van der Waals surface area contributed by atoms with Crippen molar-refractivity contribution >= 4 is 5.69 Å². The van der Waals surface area contributed by atoms with Crippen LogP contribution >= 0.6 is 0 Å². The summed E-state index contributed by atoms with van der Waals surface area (Å²) in [6, 6.07) is 6.50. The first-order valence-corrected chi connectivity index (χ1v) is 5.26. The first kappa shape index (κ1) is 11.4. The molecule has 2 aromatic rings. The predicted octanol–water partition coefficient (Wildman–Crippen LogP) is 3.36. The molecule has 0 aliphatic rings. The standard InChI is InChI=1S/C13H13FN2O/c1-9-3-4-12(14)13(5-9)17-11-6-10(15-2)7-16-8-11/h3-8,15H,1-2H3. The lowest BCUT2D eigenvalue weighted by Crippen LogP contribution is -1.93. The van der Waals surface area contributed by atoms with Gasteiger partial charge in [-0.05, 0) is 24.6 Å². The summed E-state index contributed by atoms with van der Waals surface area (Å²) < 4.78 is 18.9. The minimum Gasteiger partial charge on any atom is -0.453 e. The van der Waals surface area contributed by atoms with Crippen molar-refractivity contribution in [3.05, 3.63) is 48.0 Å². The Bertz CT molecular complexity index is 529. The van der Waals surface area contributed by atoms with Gasteiger partial charge in [-0.2, -0.15) is 0 Å². The van der Waals surface area contributed by atoms with Gasteiger partial charge < -0.3 is 10.1 Å². The van der Waals surface area contributed by atoms with Crippen molar-refractivity contribution in [1.29, 1.82) is 0 Å². The number of nitrogens with zero attached hydrogens (tertiary/aromatic N) is 1. The minimum absolute atomic E-state index is 0.208. The van der Waals surface area contributed by atoms with Gasteiger partial charge in [0.1, 0.15) is 5.75 Å². The van der Waals surface area contributed by atoms with Gasteiger partial charge in [-0.3, -0.25) is 4.98 Å². The van der Waals surface area contributed by atoms with E-state index in [0.29, 0.717) is 5.75 Å². The molecule has 4 heteroatoms. The molecular formula is C13H13FN2O. The zero-order valence-corrected chi connectivity index (χ0v) is 9.70. The zero-order valence-electron chi connectivity index (χ0n) is 9.70. The molecule has 1 heterocycles. The summed E-state index contributed by atoms with van der Waals surface area (Å²) in [5, 5.41) is 2.94. The molecule has 0 amide bonds. The molecule has 3 nitrogen and oxygen atoms in total. The van der Waals surface area contributed by atoms with E-state index in [-0.39, 0.29) is 11.6 Å². The van der Waals surface area contributed by atoms with Crippen molar-refractivity contribution in [2.45, 2.75) is 6.92 Å². The van der Waals surface area contributed by atoms with Gasteiger partial charge in [-0.25, -0.2) is 4.39 Å². The summed E-state index contributed by atoms with van der Waals surface area (Å²) in [6.07, 6.45) is 3.21. The van der Waals surface area contributed by atoms with Gasteiger partial charge in [0, 0.05) is 13.1 Å². The summed E-state index contributed by atoms with van der Waals surface area (Å²) in [4.78, 5) is 3.99. The normalized spacial score (nSPS) is 10.1. The summed E-state index contributed by atoms with van der Waals surface area (Å²) in [6.45, 7) is 1.88. The highest BCUT2D eigenvalue weighted by Gasteiger charge is 2.05. The first-order valence-electron chi connectivity index (χ1n) is 5.26. The van der Waals surface area contributed by atoms with Gasteiger partial charge in [0.2, 0.25) is 0 Å². The van der Waals surface area contributed by atoms with Crippen molar-refractivity contribution < 1.29 is 9.13 Å². The van der Waals surface area contributed by atoms with E-state index in [1.54, 1.807) is 37.6 Å². The second-order valence-corrected chi connectivity index (χ2v) is 3.70. The quantitative estimate of drug-likeness (QED) is 0.881. The second-order valence-electron chi connectivity index (χ2n) is 3.70. The van der Waals surface area contributed by atoms with E-state index in [1.807, 2.05) is 6.92 Å². The summed E-state index contributed by atoms with van der Waals surface area (Å²) in [7, 11) is 1.79. The van der Waals surface area contributed by atoms with Crippen LogP contribution in [0, 0.1) is 12.7 Å². The maximum atomic E-state index is 13.5. The van der Waals surface area contributed by atoms with Crippen molar-refractivity contribution in [3.63, 3.8) is 0 Å². The van der Waals surface area contributed by atoms with Crippen LogP contribution < -0.4 is 10.1 Å². The summed E-state index contributed by atoms with van der Waals surface area (Å²) in [5.41, 5.74) is 1.76. The minimum atomic E-state index is -0.384. The van der Waals surface area contributed by atoms with Gasteiger partial charge in [-0.15, -0.1) is 0 Å². The number of benzene rings is 1. The van der Waals surface area contributed by atoms with Gasteiger partial charge >= 0.3 is 0 Å². The maximum Gasteiger partial charge on any atom is 0.165 e. The monoisotopic (exact) mass is 232 g/mol. The Morgan fingerprint density at radius 2 is 2.06 bits per heavy atom. The van der Waals surface area contributed by atoms with Crippen LogP contribution in [0.2, 0.25) is 0 Å². The summed E-state index contributed by atoms with van der Waals surface area (Å²) in [5.74, 6) is 0.326. The molecule has 17 heavy (non-hydrogen) atoms. The number of halogens is 1. The van der Waals surface area contributed by atoms with Crippen LogP contribution in [0.5, 0.6) is 11.5 Å². The van der Waals surface area contributed by atoms with Crippen LogP contribution in [0.4, 0.5) is 10.1 Å². The number of aromatic nitrogens is 1. The molecule has 0 bridgehead atoms. The Morgan fingerprint density at radius 1 is 1.24 bits per heavy atom. The number of rotatable bonds is 3. The third-order valence-corrected chi connectivity index (χ3v) is 2.32. The van der Waals surface area contributed by atoms with Crippen LogP contribution in [0.15, 0.2) is 36.7 Å². The van der Waals surface area contributed by atoms with Crippen LogP contribution in [0.25, 0.3) is 0 Å². The third kappa shape index (κ3) is 2.72. The van der Waals surface area contributed by atoms with Gasteiger partial charge in [0.05, 0.1) is 18.1 Å². The SMILES string of the molecule is CNc1cncc(Oc2cc(C)ccc2F)c1. The Labute approximate surface area is 99.3 Å². The van der Waals surface area contributed by atoms with Gasteiger partial charge in [0.25, 0.3) is 0 Å². The highest BCUT2D eigenvalue weighted by Crippen LogP contribution is 2.26. The fourth-order valence-corrected chi connectivity index (χ4v) is 1.43. The molecule has 1 aromatic carbocycles. The number of ether oxygens (including phenoxy) is 1. The highest BCUT2D eigenvalue weighted by molar-refractivity contribution is 5.46. The second kappa shape index (κ2) is 4.82. The van der Waals surface area contributed by atoms with Crippen LogP contribution in [0.1, 0.15) is 5.56 Å². The molecule has 2 rings (SSSR count). The lowest BCUT2D eigenvalue weighted by atomic mass is 10.2. The van der Waals surface area contributed by atoms with E-state index in [1.165, 1.54) is 6.07 Å². The Morgan fingerprint density at radius 3 is 2.82 bits per heavy atom. The number of nitrogens with one attached hydrogen (secondary N) is 1. The van der Waals surface area contributed by atoms with E-state index in [0.717, 1.165) is 11.3 Å². The number of hydrogen-bond acceptors (Lipinski definition) is 3. The van der Waals surface area contributed by atoms with Crippen molar-refractivity contribution in [1.82, 2.24) is 4.98 Å². The molecule has 0 aliphatic carbocycles. The molecule has 0 aliphatic heterocycles. The average molecular weight is 232 g/mol. The van der Waals surface area contributed by atoms with Gasteiger partial charge in [0.15, 0.2) is 11.6 Å². The Hall–Kier alpha value is -2.10. The number of aryl methyl sites for hydroxylation is 1. The molecule has 0 saturated heterocycles. The fourth-order valence-electron chi connectivity index (χ4n) is 1.43. The molecule has 88 valence electrons. The number of anilines is 1. The van der Waals surface area contributed by atoms with Crippen molar-refractivity contribution in [2.24, 2.45) is 0 Å². The maximum absolute atomic E-state index is 13.5. The molecule has 0 fully saturated rings. The lowest BCUT2D eigenvalue weighted by molar-refractivity contribution is 0.440. The van der Waals surface area contributed by atoms with E-state index in [2.05, 4.69) is 10.3 Å². The molecule has 0 atom stereocenters. The smallest absolute Gasteiger partial charge is 0.165 e. The predicted molar refractivity (Wildman–Crippen MR) is 65.0 cm³/mol. The van der Waals surface area contributed by atoms with Crippen molar-refractivity contribution in [2.75, 3.05) is 12.4 Å². The molecular weight excluding hydrogens is 219 g/mol. The van der Waals surface area contributed by atoms with Crippen LogP contribution in [-0.2, 0) is 0 Å². The van der Waals surface area contributed by atoms with Crippen LogP contribution in [0.3, 0.4) is 0 Å². The Kier molecular flexibility index (Phi) is 3.23. The van der Waals surface area contributed by atoms with Crippen molar-refractivity contribution in [3.8, 4) is 11.5 Å². The topological polar surface area (TPSA) is 34.2 Å². The molecule has 0 radical (unpaired) electrons. The molecule has 0 saturated carbocycles. The molecule has 0 spiro atoms. The number of hydrogen-bond donors (Lipinski definition) is 1. The van der Waals surface area contributed by atoms with E-state index in [9.17, 15) is 4.39 Å². The number of pyridine rings is 1. The highest BCUT2D eigenvalue weighted by atomic mass is 19.1. The van der Waals surface area contributed by atoms with E-state index in [4.69, 9.17) is 4.74 Å². The lowest BCUT2D eigenvalue weighted by Gasteiger charge is -2.08. The fraction of sp³-hybridized carbons (Fsp3) is 0.154. The average Bonchev–Trinajstić information content (AvgIpc) is 2.34. The van der Waals surface area contributed by atoms with E-state index >= 15 is 0 Å². The molecule has 1 N–H and O–H groups in total. The van der Waals surface area contributed by atoms with Crippen LogP contribution in [-0.4, -0.2) is 12.0 Å². The summed E-state index contributed by atoms with van der Waals surface area (Å²) >= 11 is 0. The Balaban J connectivity index is 2.27. The van der Waals surface area contributed by atoms with E-state index < -0.39 is 0 Å². The molecule has 1 aromatic heterocycles. The third-order valence-electron chi connectivity index (χ3n) is 2.32. The first-order chi connectivity index (χ1) is 8.19. The largest absolute Gasteiger partial charge is 0.453 e.